The summed E-state index contributed by atoms with van der Waals surface area (Å²) in [4.78, 5) is 13.2. The van der Waals surface area contributed by atoms with Crippen molar-refractivity contribution in [3.05, 3.63) is 53.1 Å². The molecule has 7 heteroatoms. The molecule has 22 heavy (non-hydrogen) atoms. The zero-order chi connectivity index (χ0) is 16.7. The van der Waals surface area contributed by atoms with E-state index in [1.54, 1.807) is 17.1 Å². The van der Waals surface area contributed by atoms with E-state index in [0.717, 1.165) is 0 Å². The van der Waals surface area contributed by atoms with Gasteiger partial charge in [0.15, 0.2) is 5.75 Å². The van der Waals surface area contributed by atoms with Crippen molar-refractivity contribution < 1.29 is 14.3 Å². The number of benzene rings is 1. The van der Waals surface area contributed by atoms with Crippen molar-refractivity contribution >= 4 is 46.6 Å². The van der Waals surface area contributed by atoms with Crippen molar-refractivity contribution in [2.75, 3.05) is 20.2 Å². The van der Waals surface area contributed by atoms with Crippen LogP contribution in [0.25, 0.3) is 0 Å². The highest BCUT2D eigenvalue weighted by Crippen LogP contribution is 2.34. The highest BCUT2D eigenvalue weighted by atomic mass is 35.5. The van der Waals surface area contributed by atoms with Crippen molar-refractivity contribution in [1.82, 2.24) is 4.90 Å². The third-order valence-electron chi connectivity index (χ3n) is 2.57. The third kappa shape index (κ3) is 4.73. The highest BCUT2D eigenvalue weighted by molar-refractivity contribution is 7.80. The molecule has 0 bridgehead atoms. The normalized spacial score (nSPS) is 9.77. The summed E-state index contributed by atoms with van der Waals surface area (Å²) in [5.41, 5.74) is 0.227. The van der Waals surface area contributed by atoms with Crippen LogP contribution in [-0.4, -0.2) is 36.2 Å². The minimum atomic E-state index is -0.544. The Morgan fingerprint density at radius 1 is 1.27 bits per heavy atom. The molecule has 0 unspecified atom stereocenters. The Balaban J connectivity index is 3.02. The van der Waals surface area contributed by atoms with Gasteiger partial charge in [0.1, 0.15) is 0 Å². The van der Waals surface area contributed by atoms with Crippen LogP contribution in [0.4, 0.5) is 0 Å². The lowest BCUT2D eigenvalue weighted by molar-refractivity contribution is 0.0600. The molecule has 0 heterocycles. The monoisotopic (exact) mass is 359 g/mol. The second-order valence-electron chi connectivity index (χ2n) is 4.11. The van der Waals surface area contributed by atoms with Gasteiger partial charge >= 0.3 is 5.97 Å². The van der Waals surface area contributed by atoms with Gasteiger partial charge < -0.3 is 14.4 Å². The molecule has 0 atom stereocenters. The Bertz CT molecular complexity index is 571. The topological polar surface area (TPSA) is 38.8 Å². The molecule has 0 saturated carbocycles. The molecule has 0 aliphatic rings. The number of nitrogens with zero attached hydrogens (tertiary/aromatic N) is 1. The van der Waals surface area contributed by atoms with Gasteiger partial charge in [-0.3, -0.25) is 0 Å². The van der Waals surface area contributed by atoms with Crippen molar-refractivity contribution in [1.29, 1.82) is 0 Å². The van der Waals surface area contributed by atoms with Crippen LogP contribution < -0.4 is 4.74 Å². The van der Waals surface area contributed by atoms with Crippen molar-refractivity contribution in [3.8, 4) is 5.75 Å². The first-order chi connectivity index (χ1) is 10.4. The molecule has 4 nitrogen and oxygen atoms in total. The fourth-order valence-electron chi connectivity index (χ4n) is 1.58. The van der Waals surface area contributed by atoms with Gasteiger partial charge in [0.05, 0.1) is 22.7 Å². The highest BCUT2D eigenvalue weighted by Gasteiger charge is 2.17. The van der Waals surface area contributed by atoms with Crippen molar-refractivity contribution in [3.63, 3.8) is 0 Å². The average molecular weight is 360 g/mol. The summed E-state index contributed by atoms with van der Waals surface area (Å²) in [6.07, 6.45) is 3.37. The molecular formula is C15H15Cl2NO3S. The van der Waals surface area contributed by atoms with Crippen LogP contribution in [0.1, 0.15) is 10.4 Å². The number of ether oxygens (including phenoxy) is 2. The number of halogens is 2. The van der Waals surface area contributed by atoms with Gasteiger partial charge in [0.2, 0.25) is 0 Å². The molecule has 0 radical (unpaired) electrons. The average Bonchev–Trinajstić information content (AvgIpc) is 2.49. The van der Waals surface area contributed by atoms with Gasteiger partial charge in [0.25, 0.3) is 5.17 Å². The summed E-state index contributed by atoms with van der Waals surface area (Å²) >= 11 is 17.4. The second-order valence-corrected chi connectivity index (χ2v) is 5.27. The van der Waals surface area contributed by atoms with Crippen molar-refractivity contribution in [2.24, 2.45) is 0 Å². The lowest BCUT2D eigenvalue weighted by atomic mass is 10.2. The molecule has 0 saturated heterocycles. The Morgan fingerprint density at radius 3 is 2.18 bits per heavy atom. The number of hydrogen-bond donors (Lipinski definition) is 0. The van der Waals surface area contributed by atoms with Gasteiger partial charge in [-0.2, -0.15) is 0 Å². The maximum absolute atomic E-state index is 11.5. The molecule has 0 amide bonds. The summed E-state index contributed by atoms with van der Waals surface area (Å²) in [5, 5.41) is 0.495. The van der Waals surface area contributed by atoms with E-state index in [1.807, 2.05) is 0 Å². The summed E-state index contributed by atoms with van der Waals surface area (Å²) in [7, 11) is 1.27. The molecule has 0 aliphatic heterocycles. The van der Waals surface area contributed by atoms with E-state index in [0.29, 0.717) is 13.1 Å². The Hall–Kier alpha value is -1.56. The standard InChI is InChI=1S/C15H15Cl2NO3S/c1-4-6-18(7-5-2)15(22)21-13-11(16)8-10(9-12(13)17)14(19)20-3/h4-5,8-9H,1-2,6-7H2,3H3. The molecule has 0 aromatic heterocycles. The maximum Gasteiger partial charge on any atom is 0.337 e. The largest absolute Gasteiger partial charge is 0.465 e. The Morgan fingerprint density at radius 2 is 1.77 bits per heavy atom. The van der Waals surface area contributed by atoms with Crippen LogP contribution in [0.5, 0.6) is 5.75 Å². The Labute approximate surface area is 144 Å². The quantitative estimate of drug-likeness (QED) is 0.434. The number of carbonyl (C=O) groups is 1. The number of carbonyl (C=O) groups excluding carboxylic acids is 1. The first kappa shape index (κ1) is 18.5. The summed E-state index contributed by atoms with van der Waals surface area (Å²) in [5.74, 6) is -0.364. The summed E-state index contributed by atoms with van der Waals surface area (Å²) in [6.45, 7) is 8.28. The van der Waals surface area contributed by atoms with Crippen LogP contribution in [0.2, 0.25) is 10.0 Å². The molecule has 1 aromatic rings. The van der Waals surface area contributed by atoms with E-state index >= 15 is 0 Å². The lowest BCUT2D eigenvalue weighted by Gasteiger charge is -2.22. The van der Waals surface area contributed by atoms with Crippen LogP contribution in [0.3, 0.4) is 0 Å². The van der Waals surface area contributed by atoms with Crippen LogP contribution in [-0.2, 0) is 4.74 Å². The van der Waals surface area contributed by atoms with E-state index in [1.165, 1.54) is 19.2 Å². The molecule has 0 fully saturated rings. The first-order valence-corrected chi connectivity index (χ1v) is 7.36. The van der Waals surface area contributed by atoms with E-state index in [-0.39, 0.29) is 26.5 Å². The predicted molar refractivity (Wildman–Crippen MR) is 93.0 cm³/mol. The van der Waals surface area contributed by atoms with E-state index in [4.69, 9.17) is 40.2 Å². The van der Waals surface area contributed by atoms with E-state index < -0.39 is 5.97 Å². The molecule has 0 spiro atoms. The zero-order valence-corrected chi connectivity index (χ0v) is 14.3. The molecule has 118 valence electrons. The van der Waals surface area contributed by atoms with Crippen LogP contribution >= 0.6 is 35.4 Å². The van der Waals surface area contributed by atoms with Gasteiger partial charge in [-0.1, -0.05) is 35.4 Å². The van der Waals surface area contributed by atoms with Crippen LogP contribution in [0.15, 0.2) is 37.4 Å². The predicted octanol–water partition coefficient (Wildman–Crippen LogP) is 4.12. The molecule has 1 rings (SSSR count). The fourth-order valence-corrected chi connectivity index (χ4v) is 2.38. The molecule has 0 N–H and O–H groups in total. The fraction of sp³-hybridized carbons (Fsp3) is 0.200. The summed E-state index contributed by atoms with van der Waals surface area (Å²) in [6, 6.07) is 2.81. The number of methoxy groups -OCH3 is 1. The smallest absolute Gasteiger partial charge is 0.337 e. The van der Waals surface area contributed by atoms with Crippen molar-refractivity contribution in [2.45, 2.75) is 0 Å². The van der Waals surface area contributed by atoms with Gasteiger partial charge in [0, 0.05) is 13.1 Å². The molecule has 1 aromatic carbocycles. The molecular weight excluding hydrogens is 345 g/mol. The minimum absolute atomic E-state index is 0.160. The number of rotatable bonds is 6. The number of hydrogen-bond acceptors (Lipinski definition) is 4. The maximum atomic E-state index is 11.5. The van der Waals surface area contributed by atoms with Crippen LogP contribution in [0, 0.1) is 0 Å². The zero-order valence-electron chi connectivity index (χ0n) is 12.0. The lowest BCUT2D eigenvalue weighted by Crippen LogP contribution is -2.33. The minimum Gasteiger partial charge on any atom is -0.465 e. The number of esters is 1. The third-order valence-corrected chi connectivity index (χ3v) is 3.47. The SMILES string of the molecule is C=CCN(CC=C)C(=S)Oc1c(Cl)cc(C(=O)OC)cc1Cl. The molecule has 0 aliphatic carbocycles. The number of thiocarbonyl (C=S) groups is 1. The van der Waals surface area contributed by atoms with Gasteiger partial charge in [-0.05, 0) is 24.4 Å². The Kier molecular flexibility index (Phi) is 7.38. The first-order valence-electron chi connectivity index (χ1n) is 6.20. The van der Waals surface area contributed by atoms with E-state index in [9.17, 15) is 4.79 Å². The summed E-state index contributed by atoms with van der Waals surface area (Å²) < 4.78 is 10.2. The van der Waals surface area contributed by atoms with Gasteiger partial charge in [-0.15, -0.1) is 13.2 Å². The van der Waals surface area contributed by atoms with Gasteiger partial charge in [-0.25, -0.2) is 4.79 Å². The van der Waals surface area contributed by atoms with E-state index in [2.05, 4.69) is 17.9 Å². The second kappa shape index (κ2) is 8.78.